The fourth-order valence-electron chi connectivity index (χ4n) is 2.63. The number of aromatic nitrogens is 1. The summed E-state index contributed by atoms with van der Waals surface area (Å²) >= 11 is 1.78. The molecule has 1 aliphatic heterocycles. The van der Waals surface area contributed by atoms with Gasteiger partial charge in [0.2, 0.25) is 0 Å². The summed E-state index contributed by atoms with van der Waals surface area (Å²) in [5, 5.41) is 1.15. The lowest BCUT2D eigenvalue weighted by atomic mass is 9.99. The summed E-state index contributed by atoms with van der Waals surface area (Å²) < 4.78 is 5.85. The Morgan fingerprint density at radius 1 is 1.50 bits per heavy atom. The van der Waals surface area contributed by atoms with E-state index >= 15 is 0 Å². The van der Waals surface area contributed by atoms with Gasteiger partial charge in [0.15, 0.2) is 0 Å². The van der Waals surface area contributed by atoms with Crippen LogP contribution in [0.2, 0.25) is 0 Å². The van der Waals surface area contributed by atoms with E-state index in [-0.39, 0.29) is 11.6 Å². The fourth-order valence-corrected chi connectivity index (χ4v) is 3.90. The Balaban J connectivity index is 1.97. The number of ether oxygens (including phenoxy) is 1. The van der Waals surface area contributed by atoms with Crippen LogP contribution < -0.4 is 5.73 Å². The Kier molecular flexibility index (Phi) is 2.53. The minimum atomic E-state index is -0.137. The molecule has 0 bridgehead atoms. The molecule has 0 radical (unpaired) electrons. The van der Waals surface area contributed by atoms with Crippen molar-refractivity contribution in [2.24, 2.45) is 5.73 Å². The van der Waals surface area contributed by atoms with Crippen molar-refractivity contribution >= 4 is 11.3 Å². The van der Waals surface area contributed by atoms with E-state index in [0.29, 0.717) is 0 Å². The van der Waals surface area contributed by atoms with Crippen molar-refractivity contribution in [1.82, 2.24) is 4.98 Å². The van der Waals surface area contributed by atoms with Crippen LogP contribution in [-0.2, 0) is 16.8 Å². The molecule has 2 unspecified atom stereocenters. The summed E-state index contributed by atoms with van der Waals surface area (Å²) in [5.74, 6) is 0. The van der Waals surface area contributed by atoms with E-state index in [4.69, 9.17) is 15.5 Å². The van der Waals surface area contributed by atoms with Gasteiger partial charge in [-0.2, -0.15) is 0 Å². The first kappa shape index (κ1) is 10.7. The van der Waals surface area contributed by atoms with Crippen molar-refractivity contribution in [3.8, 4) is 0 Å². The van der Waals surface area contributed by atoms with Gasteiger partial charge in [0.05, 0.1) is 5.69 Å². The third kappa shape index (κ3) is 1.60. The molecule has 0 spiro atoms. The lowest BCUT2D eigenvalue weighted by Gasteiger charge is -2.19. The highest BCUT2D eigenvalue weighted by Crippen LogP contribution is 2.41. The minimum absolute atomic E-state index is 0.137. The van der Waals surface area contributed by atoms with Gasteiger partial charge in [-0.05, 0) is 39.0 Å². The molecule has 3 rings (SSSR count). The van der Waals surface area contributed by atoms with Crippen LogP contribution >= 0.6 is 11.3 Å². The van der Waals surface area contributed by atoms with Crippen LogP contribution in [0.1, 0.15) is 54.2 Å². The summed E-state index contributed by atoms with van der Waals surface area (Å²) in [4.78, 5) is 6.07. The maximum atomic E-state index is 6.13. The van der Waals surface area contributed by atoms with Crippen LogP contribution in [0.15, 0.2) is 0 Å². The molecule has 2 N–H and O–H groups in total. The van der Waals surface area contributed by atoms with E-state index in [2.05, 4.69) is 6.92 Å². The lowest BCUT2D eigenvalue weighted by molar-refractivity contribution is 0.0165. The van der Waals surface area contributed by atoms with E-state index in [1.807, 2.05) is 0 Å². The van der Waals surface area contributed by atoms with Crippen molar-refractivity contribution < 1.29 is 4.74 Å². The normalized spacial score (nSPS) is 34.0. The zero-order valence-electron chi connectivity index (χ0n) is 9.66. The second-order valence-electron chi connectivity index (χ2n) is 5.01. The molecule has 2 aliphatic rings. The Morgan fingerprint density at radius 2 is 2.38 bits per heavy atom. The van der Waals surface area contributed by atoms with Crippen LogP contribution in [0.25, 0.3) is 0 Å². The third-order valence-electron chi connectivity index (χ3n) is 3.66. The van der Waals surface area contributed by atoms with Crippen LogP contribution in [0.5, 0.6) is 0 Å². The first-order valence-corrected chi connectivity index (χ1v) is 6.90. The molecule has 1 aromatic heterocycles. The van der Waals surface area contributed by atoms with Crippen LogP contribution in [0.3, 0.4) is 0 Å². The summed E-state index contributed by atoms with van der Waals surface area (Å²) in [6, 6.07) is 0.208. The average molecular weight is 238 g/mol. The van der Waals surface area contributed by atoms with Gasteiger partial charge >= 0.3 is 0 Å². The molecule has 0 aromatic carbocycles. The number of rotatable bonds is 1. The molecule has 1 aromatic rings. The summed E-state index contributed by atoms with van der Waals surface area (Å²) in [5.41, 5.74) is 7.23. The molecule has 88 valence electrons. The standard InChI is InChI=1S/C12H18N2OS/c1-12(6-3-7-15-12)11-14-9-5-2-4-8(13)10(9)16-11/h8H,2-7,13H2,1H3. The number of nitrogens with zero attached hydrogens (tertiary/aromatic N) is 1. The molecule has 1 fully saturated rings. The van der Waals surface area contributed by atoms with E-state index in [0.717, 1.165) is 37.3 Å². The molecule has 2 atom stereocenters. The highest BCUT2D eigenvalue weighted by atomic mass is 32.1. The van der Waals surface area contributed by atoms with E-state index in [9.17, 15) is 0 Å². The first-order valence-electron chi connectivity index (χ1n) is 6.09. The maximum absolute atomic E-state index is 6.13. The maximum Gasteiger partial charge on any atom is 0.125 e. The molecule has 0 amide bonds. The van der Waals surface area contributed by atoms with Gasteiger partial charge in [0.1, 0.15) is 10.6 Å². The Morgan fingerprint density at radius 3 is 3.06 bits per heavy atom. The van der Waals surface area contributed by atoms with E-state index in [1.165, 1.54) is 17.0 Å². The quantitative estimate of drug-likeness (QED) is 0.817. The van der Waals surface area contributed by atoms with Gasteiger partial charge in [-0.25, -0.2) is 4.98 Å². The van der Waals surface area contributed by atoms with Gasteiger partial charge < -0.3 is 10.5 Å². The molecular weight excluding hydrogens is 220 g/mol. The molecule has 16 heavy (non-hydrogen) atoms. The highest BCUT2D eigenvalue weighted by molar-refractivity contribution is 7.12. The third-order valence-corrected chi connectivity index (χ3v) is 5.14. The van der Waals surface area contributed by atoms with Gasteiger partial charge in [0.25, 0.3) is 0 Å². The van der Waals surface area contributed by atoms with Gasteiger partial charge in [0, 0.05) is 17.5 Å². The Bertz CT molecular complexity index is 396. The second-order valence-corrected chi connectivity index (χ2v) is 6.04. The zero-order chi connectivity index (χ0) is 11.2. The molecule has 2 heterocycles. The summed E-state index contributed by atoms with van der Waals surface area (Å²) in [7, 11) is 0. The van der Waals surface area contributed by atoms with Crippen LogP contribution in [-0.4, -0.2) is 11.6 Å². The van der Waals surface area contributed by atoms with Crippen LogP contribution in [0, 0.1) is 0 Å². The predicted octanol–water partition coefficient (Wildman–Crippen LogP) is 2.50. The number of hydrogen-bond donors (Lipinski definition) is 1. The second kappa shape index (κ2) is 3.79. The first-order chi connectivity index (χ1) is 7.69. The molecule has 0 saturated carbocycles. The van der Waals surface area contributed by atoms with E-state index in [1.54, 1.807) is 11.3 Å². The van der Waals surface area contributed by atoms with Crippen molar-refractivity contribution in [1.29, 1.82) is 0 Å². The number of hydrogen-bond acceptors (Lipinski definition) is 4. The molecule has 1 aliphatic carbocycles. The average Bonchev–Trinajstić information content (AvgIpc) is 2.85. The molecule has 1 saturated heterocycles. The van der Waals surface area contributed by atoms with Crippen LogP contribution in [0.4, 0.5) is 0 Å². The summed E-state index contributed by atoms with van der Waals surface area (Å²) in [6.45, 7) is 3.03. The van der Waals surface area contributed by atoms with E-state index < -0.39 is 0 Å². The predicted molar refractivity (Wildman–Crippen MR) is 64.5 cm³/mol. The molecular formula is C12H18N2OS. The number of thiazole rings is 1. The summed E-state index contributed by atoms with van der Waals surface area (Å²) in [6.07, 6.45) is 5.61. The van der Waals surface area contributed by atoms with Crippen molar-refractivity contribution in [3.05, 3.63) is 15.6 Å². The fraction of sp³-hybridized carbons (Fsp3) is 0.750. The van der Waals surface area contributed by atoms with Crippen molar-refractivity contribution in [2.75, 3.05) is 6.61 Å². The Hall–Kier alpha value is -0.450. The van der Waals surface area contributed by atoms with Crippen molar-refractivity contribution in [2.45, 2.75) is 50.7 Å². The highest BCUT2D eigenvalue weighted by Gasteiger charge is 2.36. The lowest BCUT2D eigenvalue weighted by Crippen LogP contribution is -2.19. The Labute approximate surface area is 100 Å². The van der Waals surface area contributed by atoms with Gasteiger partial charge in [-0.15, -0.1) is 11.3 Å². The zero-order valence-corrected chi connectivity index (χ0v) is 10.5. The van der Waals surface area contributed by atoms with Crippen molar-refractivity contribution in [3.63, 3.8) is 0 Å². The molecule has 3 nitrogen and oxygen atoms in total. The minimum Gasteiger partial charge on any atom is -0.368 e. The topological polar surface area (TPSA) is 48.1 Å². The molecule has 4 heteroatoms. The largest absolute Gasteiger partial charge is 0.368 e. The monoisotopic (exact) mass is 238 g/mol. The number of fused-ring (bicyclic) bond motifs is 1. The number of nitrogens with two attached hydrogens (primary N) is 1. The van der Waals surface area contributed by atoms with Gasteiger partial charge in [-0.1, -0.05) is 0 Å². The smallest absolute Gasteiger partial charge is 0.125 e. The SMILES string of the molecule is CC1(c2nc3c(s2)C(N)CCC3)CCCO1. The number of aryl methyl sites for hydroxylation is 1. The van der Waals surface area contributed by atoms with Gasteiger partial charge in [-0.3, -0.25) is 0 Å².